The average Bonchev–Trinajstić information content (AvgIpc) is 3.89. The van der Waals surface area contributed by atoms with E-state index in [1.54, 1.807) is 0 Å². The first-order chi connectivity index (χ1) is 34.6. The van der Waals surface area contributed by atoms with Gasteiger partial charge in [-0.15, -0.1) is 11.3 Å². The molecule has 0 bridgehead atoms. The minimum Gasteiger partial charge on any atom is -0.310 e. The summed E-state index contributed by atoms with van der Waals surface area (Å²) < 4.78 is 2.61. The van der Waals surface area contributed by atoms with Gasteiger partial charge in [0.2, 0.25) is 0 Å². The Morgan fingerprint density at radius 3 is 1.45 bits per heavy atom. The van der Waals surface area contributed by atoms with E-state index in [0.29, 0.717) is 0 Å². The molecular formula is C69H53NS. The standard InChI is InChI=1S/C69H53NS/c1-42-33-44(3)67(45(4)34-42)69(68-46(5)35-43(2)36-47(68)6)63-17-11-9-15-59(63)60-31-29-58(41-64(60)69)70(57-30-32-66-62(40-57)61-16-10-12-18-65(61)71-66)56-27-25-49(26-28-56)51-21-22-54-39-55(24-23-53(54)38-51)52-20-19-48-13-7-8-14-50(48)37-52/h7-41H,1-6H3. The molecule has 71 heavy (non-hydrogen) atoms. The van der Waals surface area contributed by atoms with E-state index in [2.05, 4.69) is 259 Å². The van der Waals surface area contributed by atoms with Gasteiger partial charge in [-0.05, 0) is 208 Å². The van der Waals surface area contributed by atoms with Crippen LogP contribution in [0, 0.1) is 41.5 Å². The van der Waals surface area contributed by atoms with Crippen molar-refractivity contribution in [2.75, 3.05) is 4.90 Å². The lowest BCUT2D eigenvalue weighted by molar-refractivity contribution is 0.738. The average molecular weight is 928 g/mol. The second-order valence-electron chi connectivity index (χ2n) is 20.1. The minimum atomic E-state index is -0.555. The third-order valence-corrected chi connectivity index (χ3v) is 16.5. The maximum absolute atomic E-state index is 2.53. The summed E-state index contributed by atoms with van der Waals surface area (Å²) in [6.07, 6.45) is 0. The Balaban J connectivity index is 0.981. The summed E-state index contributed by atoms with van der Waals surface area (Å²) in [5.41, 5.74) is 23.5. The molecule has 1 aromatic heterocycles. The molecule has 1 aliphatic carbocycles. The van der Waals surface area contributed by atoms with E-state index in [4.69, 9.17) is 0 Å². The number of hydrogen-bond acceptors (Lipinski definition) is 2. The fourth-order valence-electron chi connectivity index (χ4n) is 12.7. The Bertz CT molecular complexity index is 4030. The van der Waals surface area contributed by atoms with Crippen LogP contribution in [0.2, 0.25) is 0 Å². The highest BCUT2D eigenvalue weighted by atomic mass is 32.1. The highest BCUT2D eigenvalue weighted by Crippen LogP contribution is 2.60. The molecule has 12 aromatic rings. The quantitative estimate of drug-likeness (QED) is 0.154. The molecule has 11 aromatic carbocycles. The molecular weight excluding hydrogens is 875 g/mol. The number of rotatable bonds is 7. The molecule has 0 radical (unpaired) electrons. The monoisotopic (exact) mass is 927 g/mol. The molecule has 0 amide bonds. The van der Waals surface area contributed by atoms with Gasteiger partial charge in [0, 0.05) is 37.2 Å². The van der Waals surface area contributed by atoms with Crippen LogP contribution >= 0.6 is 11.3 Å². The van der Waals surface area contributed by atoms with E-state index in [1.807, 2.05) is 11.3 Å². The first kappa shape index (κ1) is 43.0. The molecule has 13 rings (SSSR count). The van der Waals surface area contributed by atoms with Gasteiger partial charge in [0.1, 0.15) is 0 Å². The molecule has 0 fully saturated rings. The number of aryl methyl sites for hydroxylation is 6. The first-order valence-corrected chi connectivity index (χ1v) is 25.7. The van der Waals surface area contributed by atoms with Crippen LogP contribution in [0.1, 0.15) is 55.6 Å². The maximum atomic E-state index is 2.53. The lowest BCUT2D eigenvalue weighted by atomic mass is 9.63. The lowest BCUT2D eigenvalue weighted by Gasteiger charge is -2.39. The smallest absolute Gasteiger partial charge is 0.0724 e. The number of anilines is 3. The number of hydrogen-bond donors (Lipinski definition) is 0. The summed E-state index contributed by atoms with van der Waals surface area (Å²) in [5, 5.41) is 7.57. The number of nitrogens with zero attached hydrogens (tertiary/aromatic N) is 1. The van der Waals surface area contributed by atoms with E-state index in [-0.39, 0.29) is 0 Å². The number of thiophene rings is 1. The summed E-state index contributed by atoms with van der Waals surface area (Å²) in [7, 11) is 0. The van der Waals surface area contributed by atoms with Gasteiger partial charge in [-0.1, -0.05) is 157 Å². The predicted molar refractivity (Wildman–Crippen MR) is 306 cm³/mol. The van der Waals surface area contributed by atoms with E-state index in [0.717, 1.165) is 17.1 Å². The normalized spacial score (nSPS) is 12.8. The summed E-state index contributed by atoms with van der Waals surface area (Å²) >= 11 is 1.87. The van der Waals surface area contributed by atoms with Gasteiger partial charge in [0.25, 0.3) is 0 Å². The van der Waals surface area contributed by atoms with E-state index >= 15 is 0 Å². The number of fused-ring (bicyclic) bond motifs is 8. The van der Waals surface area contributed by atoms with Crippen LogP contribution in [0.15, 0.2) is 212 Å². The van der Waals surface area contributed by atoms with Gasteiger partial charge >= 0.3 is 0 Å². The van der Waals surface area contributed by atoms with Crippen molar-refractivity contribution in [3.8, 4) is 33.4 Å². The van der Waals surface area contributed by atoms with Gasteiger partial charge in [-0.3, -0.25) is 0 Å². The largest absolute Gasteiger partial charge is 0.310 e. The van der Waals surface area contributed by atoms with Crippen molar-refractivity contribution >= 4 is 70.1 Å². The summed E-state index contributed by atoms with van der Waals surface area (Å²) in [6, 6.07) is 80.2. The van der Waals surface area contributed by atoms with Crippen molar-refractivity contribution < 1.29 is 0 Å². The number of benzene rings is 11. The van der Waals surface area contributed by atoms with Crippen LogP contribution in [0.5, 0.6) is 0 Å². The maximum Gasteiger partial charge on any atom is 0.0724 e. The fraction of sp³-hybridized carbons (Fsp3) is 0.101. The van der Waals surface area contributed by atoms with Crippen LogP contribution in [0.25, 0.3) is 75.1 Å². The van der Waals surface area contributed by atoms with Crippen molar-refractivity contribution in [3.63, 3.8) is 0 Å². The van der Waals surface area contributed by atoms with Gasteiger partial charge < -0.3 is 4.90 Å². The zero-order valence-corrected chi connectivity index (χ0v) is 41.9. The van der Waals surface area contributed by atoms with Crippen molar-refractivity contribution in [1.82, 2.24) is 0 Å². The predicted octanol–water partition coefficient (Wildman–Crippen LogP) is 19.4. The van der Waals surface area contributed by atoms with Crippen molar-refractivity contribution in [2.24, 2.45) is 0 Å². The van der Waals surface area contributed by atoms with Crippen LogP contribution < -0.4 is 4.90 Å². The molecule has 1 nitrogen and oxygen atoms in total. The first-order valence-electron chi connectivity index (χ1n) is 24.9. The van der Waals surface area contributed by atoms with Crippen molar-refractivity contribution in [1.29, 1.82) is 0 Å². The van der Waals surface area contributed by atoms with E-state index < -0.39 is 5.41 Å². The van der Waals surface area contributed by atoms with Crippen LogP contribution in [-0.2, 0) is 5.41 Å². The van der Waals surface area contributed by atoms with Crippen molar-refractivity contribution in [2.45, 2.75) is 47.0 Å². The Labute approximate surface area is 421 Å². The Hall–Kier alpha value is -8.04. The van der Waals surface area contributed by atoms with E-state index in [1.165, 1.54) is 131 Å². The summed E-state index contributed by atoms with van der Waals surface area (Å²) in [6.45, 7) is 13.8. The Morgan fingerprint density at radius 2 is 0.789 bits per heavy atom. The molecule has 0 atom stereocenters. The molecule has 0 aliphatic heterocycles. The molecule has 0 saturated heterocycles. The van der Waals surface area contributed by atoms with Crippen LogP contribution in [0.3, 0.4) is 0 Å². The zero-order chi connectivity index (χ0) is 48.1. The molecule has 0 N–H and O–H groups in total. The van der Waals surface area contributed by atoms with Crippen molar-refractivity contribution in [3.05, 3.63) is 268 Å². The minimum absolute atomic E-state index is 0.555. The van der Waals surface area contributed by atoms with E-state index in [9.17, 15) is 0 Å². The highest BCUT2D eigenvalue weighted by molar-refractivity contribution is 7.25. The van der Waals surface area contributed by atoms with Gasteiger partial charge in [0.05, 0.1) is 5.41 Å². The topological polar surface area (TPSA) is 3.24 Å². The second-order valence-corrected chi connectivity index (χ2v) is 21.2. The third kappa shape index (κ3) is 6.88. The fourth-order valence-corrected chi connectivity index (χ4v) is 13.8. The molecule has 0 spiro atoms. The second kappa shape index (κ2) is 16.5. The third-order valence-electron chi connectivity index (χ3n) is 15.4. The van der Waals surface area contributed by atoms with Crippen LogP contribution in [-0.4, -0.2) is 0 Å². The molecule has 1 heterocycles. The summed E-state index contributed by atoms with van der Waals surface area (Å²) in [4.78, 5) is 2.49. The molecule has 0 saturated carbocycles. The summed E-state index contributed by atoms with van der Waals surface area (Å²) in [5.74, 6) is 0. The Kier molecular flexibility index (Phi) is 10.0. The van der Waals surface area contributed by atoms with Gasteiger partial charge in [0.15, 0.2) is 0 Å². The SMILES string of the molecule is Cc1cc(C)c(C2(c3c(C)cc(C)cc3C)c3ccccc3-c3ccc(N(c4ccc(-c5ccc6cc(-c7ccc8ccccc8c7)ccc6c5)cc4)c4ccc5sc6ccccc6c5c4)cc32)c(C)c1. The lowest BCUT2D eigenvalue weighted by Crippen LogP contribution is -2.33. The van der Waals surface area contributed by atoms with Gasteiger partial charge in [-0.25, -0.2) is 0 Å². The zero-order valence-electron chi connectivity index (χ0n) is 41.1. The molecule has 2 heteroatoms. The molecule has 1 aliphatic rings. The van der Waals surface area contributed by atoms with Gasteiger partial charge in [-0.2, -0.15) is 0 Å². The molecule has 340 valence electrons. The van der Waals surface area contributed by atoms with Crippen LogP contribution in [0.4, 0.5) is 17.1 Å². The molecule has 0 unspecified atom stereocenters. The highest BCUT2D eigenvalue weighted by Gasteiger charge is 2.49. The Morgan fingerprint density at radius 1 is 0.324 bits per heavy atom.